The van der Waals surface area contributed by atoms with Crippen LogP contribution in [0.15, 0.2) is 60.7 Å². The summed E-state index contributed by atoms with van der Waals surface area (Å²) in [6, 6.07) is 21.7. The van der Waals surface area contributed by atoms with Gasteiger partial charge < -0.3 is 5.32 Å². The molecule has 110 valence electrons. The highest BCUT2D eigenvalue weighted by molar-refractivity contribution is 5.25. The van der Waals surface area contributed by atoms with Crippen molar-refractivity contribution < 1.29 is 0 Å². The highest BCUT2D eigenvalue weighted by atomic mass is 15.3. The number of benzene rings is 2. The van der Waals surface area contributed by atoms with E-state index in [1.54, 1.807) is 0 Å². The van der Waals surface area contributed by atoms with E-state index in [4.69, 9.17) is 0 Å². The zero-order valence-electron chi connectivity index (χ0n) is 12.8. The van der Waals surface area contributed by atoms with Crippen LogP contribution in [0.3, 0.4) is 0 Å². The maximum absolute atomic E-state index is 3.56. The van der Waals surface area contributed by atoms with Crippen LogP contribution in [0.4, 0.5) is 0 Å². The number of hydrogen-bond donors (Lipinski definition) is 1. The summed E-state index contributed by atoms with van der Waals surface area (Å²) in [5.74, 6) is 0. The largest absolute Gasteiger partial charge is 0.313 e. The van der Waals surface area contributed by atoms with Crippen LogP contribution in [-0.4, -0.2) is 31.1 Å². The van der Waals surface area contributed by atoms with Gasteiger partial charge in [-0.25, -0.2) is 0 Å². The maximum Gasteiger partial charge on any atom is 0.0557 e. The van der Waals surface area contributed by atoms with Crippen LogP contribution in [0.2, 0.25) is 0 Å². The summed E-state index contributed by atoms with van der Waals surface area (Å²) in [5, 5.41) is 3.56. The van der Waals surface area contributed by atoms with Gasteiger partial charge in [0.25, 0.3) is 0 Å². The third-order valence-corrected chi connectivity index (χ3v) is 4.63. The van der Waals surface area contributed by atoms with Crippen LogP contribution in [0.25, 0.3) is 0 Å². The Hall–Kier alpha value is -1.64. The zero-order valence-corrected chi connectivity index (χ0v) is 12.8. The van der Waals surface area contributed by atoms with Crippen LogP contribution >= 0.6 is 0 Å². The summed E-state index contributed by atoms with van der Waals surface area (Å²) in [4.78, 5) is 2.63. The maximum atomic E-state index is 3.56. The summed E-state index contributed by atoms with van der Waals surface area (Å²) < 4.78 is 0. The van der Waals surface area contributed by atoms with Crippen molar-refractivity contribution in [3.8, 4) is 0 Å². The first kappa shape index (κ1) is 14.3. The summed E-state index contributed by atoms with van der Waals surface area (Å²) in [7, 11) is 0. The van der Waals surface area contributed by atoms with Crippen LogP contribution in [0, 0.1) is 0 Å². The van der Waals surface area contributed by atoms with Gasteiger partial charge in [-0.1, -0.05) is 60.7 Å². The third kappa shape index (κ3) is 3.17. The number of hydrogen-bond acceptors (Lipinski definition) is 2. The molecule has 2 heteroatoms. The summed E-state index contributed by atoms with van der Waals surface area (Å²) in [6.45, 7) is 6.68. The van der Waals surface area contributed by atoms with Gasteiger partial charge >= 0.3 is 0 Å². The van der Waals surface area contributed by atoms with Crippen molar-refractivity contribution in [1.82, 2.24) is 10.2 Å². The Morgan fingerprint density at radius 3 is 2.38 bits per heavy atom. The van der Waals surface area contributed by atoms with Gasteiger partial charge in [0.1, 0.15) is 0 Å². The number of nitrogens with one attached hydrogen (secondary N) is 1. The van der Waals surface area contributed by atoms with Crippen molar-refractivity contribution in [2.75, 3.05) is 26.2 Å². The van der Waals surface area contributed by atoms with Crippen molar-refractivity contribution in [1.29, 1.82) is 0 Å². The van der Waals surface area contributed by atoms with Crippen LogP contribution in [0.1, 0.15) is 18.1 Å². The molecule has 0 spiro atoms. The Morgan fingerprint density at radius 1 is 1.00 bits per heavy atom. The lowest BCUT2D eigenvalue weighted by atomic mass is 9.88. The second kappa shape index (κ2) is 6.42. The molecule has 0 radical (unpaired) electrons. The SMILES string of the molecule is CC1(c2ccccc2)CNCCN1CCc1ccccc1. The minimum atomic E-state index is 0.0916. The van der Waals surface area contributed by atoms with Crippen molar-refractivity contribution in [2.24, 2.45) is 0 Å². The summed E-state index contributed by atoms with van der Waals surface area (Å²) in [6.07, 6.45) is 1.11. The fourth-order valence-corrected chi connectivity index (χ4v) is 3.25. The Morgan fingerprint density at radius 2 is 1.67 bits per heavy atom. The molecule has 0 aliphatic carbocycles. The predicted octanol–water partition coefficient (Wildman–Crippen LogP) is 3.05. The standard InChI is InChI=1S/C19H24N2/c1-19(18-10-6-3-7-11-18)16-20-13-15-21(19)14-12-17-8-4-2-5-9-17/h2-11,20H,12-16H2,1H3. The van der Waals surface area contributed by atoms with E-state index in [2.05, 4.69) is 77.8 Å². The predicted molar refractivity (Wildman–Crippen MR) is 88.4 cm³/mol. The zero-order chi connectivity index (χ0) is 14.5. The third-order valence-electron chi connectivity index (χ3n) is 4.63. The molecule has 0 amide bonds. The lowest BCUT2D eigenvalue weighted by Gasteiger charge is -2.46. The van der Waals surface area contributed by atoms with Gasteiger partial charge in [0.15, 0.2) is 0 Å². The molecular weight excluding hydrogens is 256 g/mol. The molecule has 1 atom stereocenters. The smallest absolute Gasteiger partial charge is 0.0557 e. The van der Waals surface area contributed by atoms with Crippen LogP contribution in [0.5, 0.6) is 0 Å². The lowest BCUT2D eigenvalue weighted by Crippen LogP contribution is -2.57. The summed E-state index contributed by atoms with van der Waals surface area (Å²) in [5.41, 5.74) is 2.92. The lowest BCUT2D eigenvalue weighted by molar-refractivity contribution is 0.0743. The van der Waals surface area contributed by atoms with Crippen molar-refractivity contribution >= 4 is 0 Å². The average molecular weight is 280 g/mol. The molecule has 3 rings (SSSR count). The minimum absolute atomic E-state index is 0.0916. The van der Waals surface area contributed by atoms with E-state index in [1.807, 2.05) is 0 Å². The fraction of sp³-hybridized carbons (Fsp3) is 0.368. The molecule has 1 aliphatic heterocycles. The molecule has 1 heterocycles. The van der Waals surface area contributed by atoms with Gasteiger partial charge in [0, 0.05) is 26.2 Å². The fourth-order valence-electron chi connectivity index (χ4n) is 3.25. The van der Waals surface area contributed by atoms with E-state index >= 15 is 0 Å². The van der Waals surface area contributed by atoms with E-state index < -0.39 is 0 Å². The molecule has 1 fully saturated rings. The minimum Gasteiger partial charge on any atom is -0.313 e. The Kier molecular flexibility index (Phi) is 4.37. The van der Waals surface area contributed by atoms with E-state index in [0.717, 1.165) is 32.6 Å². The van der Waals surface area contributed by atoms with Crippen molar-refractivity contribution in [2.45, 2.75) is 18.9 Å². The van der Waals surface area contributed by atoms with Crippen LogP contribution in [-0.2, 0) is 12.0 Å². The molecule has 1 N–H and O–H groups in total. The molecule has 1 aliphatic rings. The molecular formula is C19H24N2. The molecule has 0 bridgehead atoms. The van der Waals surface area contributed by atoms with E-state index in [0.29, 0.717) is 0 Å². The monoisotopic (exact) mass is 280 g/mol. The van der Waals surface area contributed by atoms with Gasteiger partial charge in [-0.15, -0.1) is 0 Å². The molecule has 0 aromatic heterocycles. The van der Waals surface area contributed by atoms with E-state index in [-0.39, 0.29) is 5.54 Å². The quantitative estimate of drug-likeness (QED) is 0.926. The van der Waals surface area contributed by atoms with Crippen molar-refractivity contribution in [3.63, 3.8) is 0 Å². The highest BCUT2D eigenvalue weighted by Gasteiger charge is 2.35. The first-order valence-electron chi connectivity index (χ1n) is 7.84. The van der Waals surface area contributed by atoms with Gasteiger partial charge in [-0.2, -0.15) is 0 Å². The first-order chi connectivity index (χ1) is 10.3. The molecule has 1 unspecified atom stereocenters. The first-order valence-corrected chi connectivity index (χ1v) is 7.84. The van der Waals surface area contributed by atoms with Gasteiger partial charge in [0.05, 0.1) is 5.54 Å². The Bertz CT molecular complexity index is 552. The molecule has 1 saturated heterocycles. The van der Waals surface area contributed by atoms with E-state index in [9.17, 15) is 0 Å². The highest BCUT2D eigenvalue weighted by Crippen LogP contribution is 2.29. The van der Waals surface area contributed by atoms with Gasteiger partial charge in [0.2, 0.25) is 0 Å². The second-order valence-corrected chi connectivity index (χ2v) is 6.04. The second-order valence-electron chi connectivity index (χ2n) is 6.04. The normalized spacial score (nSPS) is 23.1. The molecule has 2 aromatic rings. The molecule has 2 aromatic carbocycles. The average Bonchev–Trinajstić information content (AvgIpc) is 2.56. The van der Waals surface area contributed by atoms with E-state index in [1.165, 1.54) is 11.1 Å². The van der Waals surface area contributed by atoms with Gasteiger partial charge in [-0.05, 0) is 24.5 Å². The topological polar surface area (TPSA) is 15.3 Å². The van der Waals surface area contributed by atoms with Crippen molar-refractivity contribution in [3.05, 3.63) is 71.8 Å². The molecule has 21 heavy (non-hydrogen) atoms. The van der Waals surface area contributed by atoms with Gasteiger partial charge in [-0.3, -0.25) is 4.90 Å². The summed E-state index contributed by atoms with van der Waals surface area (Å²) >= 11 is 0. The number of rotatable bonds is 4. The van der Waals surface area contributed by atoms with Crippen LogP contribution < -0.4 is 5.32 Å². The number of piperazine rings is 1. The number of nitrogens with zero attached hydrogens (tertiary/aromatic N) is 1. The Labute approximate surface area is 127 Å². The molecule has 0 saturated carbocycles. The Balaban J connectivity index is 1.75. The molecule has 2 nitrogen and oxygen atoms in total.